The normalized spacial score (nSPS) is 11.5. The zero-order valence-electron chi connectivity index (χ0n) is 15.7. The SMILES string of the molecule is C=CCSc1nnc(-c2cc(-c3ccccc3)n(-c3ccc(S(N)(=O)=O)cc3)n2)o1. The molecule has 0 aliphatic carbocycles. The van der Waals surface area contributed by atoms with E-state index in [4.69, 9.17) is 9.56 Å². The molecule has 0 spiro atoms. The van der Waals surface area contributed by atoms with Crippen molar-refractivity contribution in [3.05, 3.63) is 73.3 Å². The Bertz CT molecular complexity index is 1280. The van der Waals surface area contributed by atoms with Crippen molar-refractivity contribution in [1.82, 2.24) is 20.0 Å². The molecule has 2 aromatic heterocycles. The van der Waals surface area contributed by atoms with E-state index in [9.17, 15) is 8.42 Å². The van der Waals surface area contributed by atoms with Crippen LogP contribution in [-0.4, -0.2) is 34.1 Å². The maximum Gasteiger partial charge on any atom is 0.277 e. The third-order valence-electron chi connectivity index (χ3n) is 4.14. The quantitative estimate of drug-likeness (QED) is 0.346. The fourth-order valence-electron chi connectivity index (χ4n) is 2.78. The van der Waals surface area contributed by atoms with Gasteiger partial charge in [0.15, 0.2) is 5.69 Å². The lowest BCUT2D eigenvalue weighted by Crippen LogP contribution is -2.12. The number of rotatable bonds is 7. The molecule has 0 saturated heterocycles. The lowest BCUT2D eigenvalue weighted by atomic mass is 10.1. The minimum atomic E-state index is -3.78. The topological polar surface area (TPSA) is 117 Å². The molecule has 0 fully saturated rings. The van der Waals surface area contributed by atoms with E-state index in [0.717, 1.165) is 11.3 Å². The predicted octanol–water partition coefficient (Wildman–Crippen LogP) is 3.51. The second kappa shape index (κ2) is 8.27. The number of aromatic nitrogens is 4. The molecule has 0 amide bonds. The van der Waals surface area contributed by atoms with Gasteiger partial charge >= 0.3 is 0 Å². The summed E-state index contributed by atoms with van der Waals surface area (Å²) in [4.78, 5) is 0.0284. The summed E-state index contributed by atoms with van der Waals surface area (Å²) >= 11 is 1.38. The minimum absolute atomic E-state index is 0.0284. The van der Waals surface area contributed by atoms with Crippen molar-refractivity contribution in [3.8, 4) is 28.5 Å². The number of benzene rings is 2. The van der Waals surface area contributed by atoms with Crippen LogP contribution in [0.25, 0.3) is 28.5 Å². The van der Waals surface area contributed by atoms with Gasteiger partial charge in [0, 0.05) is 11.3 Å². The third kappa shape index (κ3) is 4.20. The maximum absolute atomic E-state index is 11.6. The number of nitrogens with two attached hydrogens (primary N) is 1. The summed E-state index contributed by atoms with van der Waals surface area (Å²) in [6, 6.07) is 17.7. The van der Waals surface area contributed by atoms with Crippen LogP contribution < -0.4 is 5.14 Å². The van der Waals surface area contributed by atoms with E-state index in [-0.39, 0.29) is 4.90 Å². The number of primary sulfonamides is 1. The van der Waals surface area contributed by atoms with Crippen molar-refractivity contribution in [3.63, 3.8) is 0 Å². The van der Waals surface area contributed by atoms with Gasteiger partial charge in [-0.3, -0.25) is 0 Å². The van der Waals surface area contributed by atoms with Gasteiger partial charge in [0.1, 0.15) is 0 Å². The highest BCUT2D eigenvalue weighted by Crippen LogP contribution is 2.29. The molecule has 0 unspecified atom stereocenters. The largest absolute Gasteiger partial charge is 0.410 e. The lowest BCUT2D eigenvalue weighted by molar-refractivity contribution is 0.464. The van der Waals surface area contributed by atoms with Crippen LogP contribution in [0.2, 0.25) is 0 Å². The second-order valence-corrected chi connectivity index (χ2v) is 8.74. The van der Waals surface area contributed by atoms with Gasteiger partial charge in [-0.2, -0.15) is 5.10 Å². The monoisotopic (exact) mass is 439 g/mol. The van der Waals surface area contributed by atoms with Crippen LogP contribution in [0.5, 0.6) is 0 Å². The first-order chi connectivity index (χ1) is 14.5. The predicted molar refractivity (Wildman–Crippen MR) is 115 cm³/mol. The number of thioether (sulfide) groups is 1. The van der Waals surface area contributed by atoms with Crippen LogP contribution >= 0.6 is 11.8 Å². The molecule has 152 valence electrons. The van der Waals surface area contributed by atoms with Crippen molar-refractivity contribution in [2.45, 2.75) is 10.1 Å². The van der Waals surface area contributed by atoms with Gasteiger partial charge in [0.2, 0.25) is 10.0 Å². The Kier molecular flexibility index (Phi) is 5.53. The van der Waals surface area contributed by atoms with Gasteiger partial charge in [-0.25, -0.2) is 18.2 Å². The molecule has 0 atom stereocenters. The molecule has 4 aromatic rings. The van der Waals surface area contributed by atoms with Gasteiger partial charge in [0.05, 0.1) is 16.3 Å². The first kappa shape index (κ1) is 20.1. The Labute approximate surface area is 177 Å². The van der Waals surface area contributed by atoms with E-state index >= 15 is 0 Å². The Morgan fingerprint density at radius 1 is 1.10 bits per heavy atom. The molecule has 2 heterocycles. The molecule has 0 radical (unpaired) electrons. The van der Waals surface area contributed by atoms with Gasteiger partial charge in [-0.15, -0.1) is 16.8 Å². The number of nitrogens with zero attached hydrogens (tertiary/aromatic N) is 4. The molecule has 8 nitrogen and oxygen atoms in total. The van der Waals surface area contributed by atoms with Gasteiger partial charge in [0.25, 0.3) is 11.1 Å². The molecule has 4 rings (SSSR count). The highest BCUT2D eigenvalue weighted by molar-refractivity contribution is 7.99. The van der Waals surface area contributed by atoms with E-state index in [2.05, 4.69) is 21.9 Å². The lowest BCUT2D eigenvalue weighted by Gasteiger charge is -2.08. The summed E-state index contributed by atoms with van der Waals surface area (Å²) in [6.07, 6.45) is 1.75. The number of sulfonamides is 1. The van der Waals surface area contributed by atoms with Crippen LogP contribution in [0, 0.1) is 0 Å². The molecule has 0 bridgehead atoms. The smallest absolute Gasteiger partial charge is 0.277 e. The Balaban J connectivity index is 1.79. The van der Waals surface area contributed by atoms with Crippen LogP contribution in [0.3, 0.4) is 0 Å². The van der Waals surface area contributed by atoms with Crippen LogP contribution in [-0.2, 0) is 10.0 Å². The zero-order chi connectivity index (χ0) is 21.1. The Hall–Kier alpha value is -3.21. The standard InChI is InChI=1S/C20H17N5O3S2/c1-2-12-29-20-23-22-19(28-20)17-13-18(14-6-4-3-5-7-14)25(24-17)15-8-10-16(11-9-15)30(21,26)27/h2-11,13H,1,12H2,(H2,21,26,27). The summed E-state index contributed by atoms with van der Waals surface area (Å²) in [6.45, 7) is 3.67. The van der Waals surface area contributed by atoms with Gasteiger partial charge in [-0.1, -0.05) is 48.2 Å². The van der Waals surface area contributed by atoms with Gasteiger partial charge < -0.3 is 4.42 Å². The van der Waals surface area contributed by atoms with Crippen molar-refractivity contribution in [2.75, 3.05) is 5.75 Å². The van der Waals surface area contributed by atoms with Crippen LogP contribution in [0.15, 0.2) is 87.9 Å². The van der Waals surface area contributed by atoms with E-state index in [1.807, 2.05) is 36.4 Å². The van der Waals surface area contributed by atoms with Crippen molar-refractivity contribution < 1.29 is 12.8 Å². The summed E-state index contributed by atoms with van der Waals surface area (Å²) in [7, 11) is -3.78. The Morgan fingerprint density at radius 3 is 2.50 bits per heavy atom. The summed E-state index contributed by atoms with van der Waals surface area (Å²) in [5.74, 6) is 0.945. The Morgan fingerprint density at radius 2 is 1.83 bits per heavy atom. The number of hydrogen-bond donors (Lipinski definition) is 1. The van der Waals surface area contributed by atoms with E-state index in [0.29, 0.717) is 28.2 Å². The van der Waals surface area contributed by atoms with Crippen LogP contribution in [0.1, 0.15) is 0 Å². The fourth-order valence-corrected chi connectivity index (χ4v) is 3.79. The second-order valence-electron chi connectivity index (χ2n) is 6.20. The highest BCUT2D eigenvalue weighted by Gasteiger charge is 2.18. The molecule has 10 heteroatoms. The maximum atomic E-state index is 11.6. The molecule has 0 aliphatic heterocycles. The summed E-state index contributed by atoms with van der Waals surface area (Å²) in [5.41, 5.74) is 2.87. The molecule has 30 heavy (non-hydrogen) atoms. The average molecular weight is 440 g/mol. The molecule has 0 aliphatic rings. The van der Waals surface area contributed by atoms with E-state index in [1.165, 1.54) is 23.9 Å². The zero-order valence-corrected chi connectivity index (χ0v) is 17.3. The van der Waals surface area contributed by atoms with Crippen molar-refractivity contribution in [1.29, 1.82) is 0 Å². The van der Waals surface area contributed by atoms with Crippen molar-refractivity contribution >= 4 is 21.8 Å². The van der Waals surface area contributed by atoms with E-state index in [1.54, 1.807) is 22.9 Å². The third-order valence-corrected chi connectivity index (χ3v) is 5.88. The molecule has 0 saturated carbocycles. The summed E-state index contributed by atoms with van der Waals surface area (Å²) < 4.78 is 30.5. The van der Waals surface area contributed by atoms with Gasteiger partial charge in [-0.05, 0) is 30.3 Å². The molecule has 2 aromatic carbocycles. The molecular formula is C20H17N5O3S2. The van der Waals surface area contributed by atoms with Crippen LogP contribution in [0.4, 0.5) is 0 Å². The molecular weight excluding hydrogens is 422 g/mol. The first-order valence-electron chi connectivity index (χ1n) is 8.82. The average Bonchev–Trinajstić information content (AvgIpc) is 3.40. The van der Waals surface area contributed by atoms with Crippen molar-refractivity contribution in [2.24, 2.45) is 5.14 Å². The molecule has 2 N–H and O–H groups in total. The summed E-state index contributed by atoms with van der Waals surface area (Å²) in [5, 5.41) is 18.4. The first-order valence-corrected chi connectivity index (χ1v) is 11.4. The number of hydrogen-bond acceptors (Lipinski definition) is 7. The highest BCUT2D eigenvalue weighted by atomic mass is 32.2. The van der Waals surface area contributed by atoms with E-state index < -0.39 is 10.0 Å². The fraction of sp³-hybridized carbons (Fsp3) is 0.0500. The minimum Gasteiger partial charge on any atom is -0.410 e.